The number of benzene rings is 1. The molecule has 1 unspecified atom stereocenters. The van der Waals surface area contributed by atoms with Gasteiger partial charge in [0.05, 0.1) is 4.90 Å². The standard InChI is InChI=1S/C17H17N3O4S/c21-17-6-3-12-10-14(4-5-16(12)24-17)25(22,23)20-9-1-2-13(11-20)15-7-8-18-19-15/h3-8,10,13H,1-2,9,11H2,(H,18,19). The topological polar surface area (TPSA) is 96.3 Å². The molecule has 130 valence electrons. The van der Waals surface area contributed by atoms with Crippen LogP contribution in [0.1, 0.15) is 24.5 Å². The van der Waals surface area contributed by atoms with Crippen LogP contribution in [0.25, 0.3) is 11.0 Å². The van der Waals surface area contributed by atoms with Crippen LogP contribution >= 0.6 is 0 Å². The highest BCUT2D eigenvalue weighted by molar-refractivity contribution is 7.89. The van der Waals surface area contributed by atoms with Crippen molar-refractivity contribution in [2.45, 2.75) is 23.7 Å². The van der Waals surface area contributed by atoms with Gasteiger partial charge in [-0.2, -0.15) is 9.40 Å². The van der Waals surface area contributed by atoms with Crippen LogP contribution in [0, 0.1) is 0 Å². The highest BCUT2D eigenvalue weighted by atomic mass is 32.2. The fraction of sp³-hybridized carbons (Fsp3) is 0.294. The van der Waals surface area contributed by atoms with Gasteiger partial charge in [0, 0.05) is 42.4 Å². The number of H-pyrrole nitrogens is 1. The molecule has 1 atom stereocenters. The van der Waals surface area contributed by atoms with Crippen molar-refractivity contribution in [3.8, 4) is 0 Å². The first-order valence-electron chi connectivity index (χ1n) is 8.07. The Bertz CT molecular complexity index is 1060. The second-order valence-electron chi connectivity index (χ2n) is 6.17. The van der Waals surface area contributed by atoms with E-state index in [4.69, 9.17) is 4.42 Å². The number of fused-ring (bicyclic) bond motifs is 1. The molecule has 1 saturated heterocycles. The zero-order valence-electron chi connectivity index (χ0n) is 13.4. The van der Waals surface area contributed by atoms with Gasteiger partial charge in [-0.25, -0.2) is 13.2 Å². The molecule has 0 radical (unpaired) electrons. The Kier molecular flexibility index (Phi) is 3.93. The van der Waals surface area contributed by atoms with Gasteiger partial charge < -0.3 is 4.42 Å². The first-order chi connectivity index (χ1) is 12.0. The van der Waals surface area contributed by atoms with Gasteiger partial charge in [-0.15, -0.1) is 0 Å². The van der Waals surface area contributed by atoms with E-state index in [2.05, 4.69) is 10.2 Å². The summed E-state index contributed by atoms with van der Waals surface area (Å²) in [4.78, 5) is 11.5. The fourth-order valence-electron chi connectivity index (χ4n) is 3.27. The number of nitrogens with one attached hydrogen (secondary N) is 1. The predicted molar refractivity (Wildman–Crippen MR) is 91.8 cm³/mol. The number of aromatic amines is 1. The summed E-state index contributed by atoms with van der Waals surface area (Å²) in [5, 5.41) is 7.48. The number of piperidine rings is 1. The van der Waals surface area contributed by atoms with Crippen LogP contribution in [0.15, 0.2) is 56.7 Å². The lowest BCUT2D eigenvalue weighted by Gasteiger charge is -2.31. The average molecular weight is 359 g/mol. The molecular formula is C17H17N3O4S. The van der Waals surface area contributed by atoms with E-state index in [9.17, 15) is 13.2 Å². The Morgan fingerprint density at radius 1 is 1.20 bits per heavy atom. The van der Waals surface area contributed by atoms with Crippen molar-refractivity contribution in [2.24, 2.45) is 0 Å². The Morgan fingerprint density at radius 2 is 2.08 bits per heavy atom. The Labute approximate surface area is 144 Å². The predicted octanol–water partition coefficient (Wildman–Crippen LogP) is 2.08. The minimum Gasteiger partial charge on any atom is -0.423 e. The molecule has 2 aromatic heterocycles. The molecule has 4 rings (SSSR count). The maximum atomic E-state index is 13.0. The summed E-state index contributed by atoms with van der Waals surface area (Å²) < 4.78 is 32.6. The van der Waals surface area contributed by atoms with E-state index in [1.165, 1.54) is 22.5 Å². The van der Waals surface area contributed by atoms with Crippen LogP contribution in [0.2, 0.25) is 0 Å². The van der Waals surface area contributed by atoms with Gasteiger partial charge in [0.1, 0.15) is 5.58 Å². The van der Waals surface area contributed by atoms with E-state index in [0.717, 1.165) is 18.5 Å². The van der Waals surface area contributed by atoms with E-state index in [0.29, 0.717) is 24.1 Å². The smallest absolute Gasteiger partial charge is 0.336 e. The summed E-state index contributed by atoms with van der Waals surface area (Å²) in [6, 6.07) is 9.31. The third-order valence-electron chi connectivity index (χ3n) is 4.57. The Balaban J connectivity index is 1.66. The van der Waals surface area contributed by atoms with E-state index >= 15 is 0 Å². The highest BCUT2D eigenvalue weighted by Gasteiger charge is 2.31. The van der Waals surface area contributed by atoms with Crippen molar-refractivity contribution < 1.29 is 12.8 Å². The summed E-state index contributed by atoms with van der Waals surface area (Å²) in [7, 11) is -3.61. The zero-order valence-corrected chi connectivity index (χ0v) is 14.2. The molecule has 3 heterocycles. The minimum atomic E-state index is -3.61. The fourth-order valence-corrected chi connectivity index (χ4v) is 4.83. The third kappa shape index (κ3) is 2.98. The molecule has 1 aliphatic rings. The Hall–Kier alpha value is -2.45. The number of nitrogens with zero attached hydrogens (tertiary/aromatic N) is 2. The van der Waals surface area contributed by atoms with Crippen LogP contribution in [0.4, 0.5) is 0 Å². The maximum absolute atomic E-state index is 13.0. The molecule has 0 bridgehead atoms. The summed E-state index contributed by atoms with van der Waals surface area (Å²) in [5.74, 6) is 0.115. The molecule has 1 aliphatic heterocycles. The van der Waals surface area contributed by atoms with Gasteiger partial charge >= 0.3 is 5.63 Å². The van der Waals surface area contributed by atoms with Gasteiger partial charge in [-0.1, -0.05) is 0 Å². The number of rotatable bonds is 3. The number of hydrogen-bond donors (Lipinski definition) is 1. The molecule has 3 aromatic rings. The lowest BCUT2D eigenvalue weighted by molar-refractivity contribution is 0.312. The molecular weight excluding hydrogens is 342 g/mol. The minimum absolute atomic E-state index is 0.115. The lowest BCUT2D eigenvalue weighted by atomic mass is 9.96. The van der Waals surface area contributed by atoms with Gasteiger partial charge in [0.25, 0.3) is 0 Å². The number of aromatic nitrogens is 2. The van der Waals surface area contributed by atoms with Crippen molar-refractivity contribution >= 4 is 21.0 Å². The summed E-state index contributed by atoms with van der Waals surface area (Å²) in [6.45, 7) is 0.918. The summed E-state index contributed by atoms with van der Waals surface area (Å²) >= 11 is 0. The third-order valence-corrected chi connectivity index (χ3v) is 6.44. The monoisotopic (exact) mass is 359 g/mol. The number of hydrogen-bond acceptors (Lipinski definition) is 5. The van der Waals surface area contributed by atoms with Crippen LogP contribution < -0.4 is 5.63 Å². The van der Waals surface area contributed by atoms with E-state index in [1.807, 2.05) is 6.07 Å². The van der Waals surface area contributed by atoms with Crippen LogP contribution in [-0.4, -0.2) is 36.0 Å². The van der Waals surface area contributed by atoms with E-state index < -0.39 is 15.6 Å². The molecule has 8 heteroatoms. The van der Waals surface area contributed by atoms with Crippen molar-refractivity contribution in [1.82, 2.24) is 14.5 Å². The van der Waals surface area contributed by atoms with Crippen molar-refractivity contribution in [2.75, 3.05) is 13.1 Å². The van der Waals surface area contributed by atoms with E-state index in [-0.39, 0.29) is 10.8 Å². The molecule has 1 N–H and O–H groups in total. The second-order valence-corrected chi connectivity index (χ2v) is 8.11. The van der Waals surface area contributed by atoms with Crippen LogP contribution in [0.5, 0.6) is 0 Å². The molecule has 25 heavy (non-hydrogen) atoms. The largest absolute Gasteiger partial charge is 0.423 e. The van der Waals surface area contributed by atoms with Gasteiger partial charge in [0.2, 0.25) is 10.0 Å². The van der Waals surface area contributed by atoms with Gasteiger partial charge in [-0.3, -0.25) is 5.10 Å². The molecule has 0 amide bonds. The normalized spacial score (nSPS) is 19.3. The molecule has 0 saturated carbocycles. The quantitative estimate of drug-likeness (QED) is 0.722. The Morgan fingerprint density at radius 3 is 2.88 bits per heavy atom. The van der Waals surface area contributed by atoms with Crippen LogP contribution in [0.3, 0.4) is 0 Å². The maximum Gasteiger partial charge on any atom is 0.336 e. The summed E-state index contributed by atoms with van der Waals surface area (Å²) in [6.07, 6.45) is 3.41. The highest BCUT2D eigenvalue weighted by Crippen LogP contribution is 2.30. The van der Waals surface area contributed by atoms with E-state index in [1.54, 1.807) is 18.3 Å². The first kappa shape index (κ1) is 16.0. The van der Waals surface area contributed by atoms with Crippen molar-refractivity contribution in [1.29, 1.82) is 0 Å². The van der Waals surface area contributed by atoms with Crippen molar-refractivity contribution in [3.05, 3.63) is 58.7 Å². The van der Waals surface area contributed by atoms with Crippen molar-refractivity contribution in [3.63, 3.8) is 0 Å². The lowest BCUT2D eigenvalue weighted by Crippen LogP contribution is -2.39. The summed E-state index contributed by atoms with van der Waals surface area (Å²) in [5.41, 5.74) is 0.877. The zero-order chi connectivity index (χ0) is 17.4. The average Bonchev–Trinajstić information content (AvgIpc) is 3.16. The molecule has 7 nitrogen and oxygen atoms in total. The second kappa shape index (κ2) is 6.12. The first-order valence-corrected chi connectivity index (χ1v) is 9.51. The van der Waals surface area contributed by atoms with Gasteiger partial charge in [-0.05, 0) is 43.2 Å². The molecule has 1 aromatic carbocycles. The van der Waals surface area contributed by atoms with Crippen LogP contribution in [-0.2, 0) is 10.0 Å². The SMILES string of the molecule is O=c1ccc2cc(S(=O)(=O)N3CCCC(c4ccn[nH]4)C3)ccc2o1. The molecule has 0 spiro atoms. The molecule has 1 fully saturated rings. The molecule has 0 aliphatic carbocycles. The van der Waals surface area contributed by atoms with Gasteiger partial charge in [0.15, 0.2) is 0 Å². The number of sulfonamides is 1.